The SMILES string of the molecule is O=P([O][Mo](=[O])(=[O])[O][Mo](=[O])(=[O])[O][Mo](=[O])(=[O])[O][Mo](=[O])(=[O])[OH])([O][Mo](=[O])(=[O])[O][Mo](=[O])(=[O])[O][Mo](=[O])(=[O])[O][Mo](=[O])(=[O])[OH])[O][Mo](=[O])(=[O])[O][Mo](=[O])(=[O])[O][Mo](=[O])(=[O])[O][Mo](=[O])(=[O])[O][Mo](=[O])(=[O])[O][Mo](=[O])(=[O])[O][Mo](=[O])(=[O])[O][Mo](=[O])(=[O])[O]P(=O)([O][Mo](=[O])(=[O])[O][Mo](=[O])(=[O])[O][Mo](=[O])(=[O])[O][Mo](=[O])(=[O])[OH])[O][Mo](=[O])(=[O])[O][Mo](=[O])(=[O])[O][Mo](=[O])(=[O])[O][Mo](=[O])(=[O])[OH]. The Morgan fingerprint density at radius 1 is 0.124 bits per heavy atom. The second-order valence-corrected chi connectivity index (χ2v) is 114. The van der Waals surface area contributed by atoms with E-state index in [4.69, 9.17) is 15.0 Å². The van der Waals surface area contributed by atoms with E-state index in [2.05, 4.69) is 57.9 Å². The van der Waals surface area contributed by atoms with Crippen molar-refractivity contribution in [1.82, 2.24) is 0 Å². The molecule has 105 heteroatoms. The fourth-order valence-corrected chi connectivity index (χ4v) is 129. The predicted octanol–water partition coefficient (Wildman–Crippen LogP) is -8.22. The maximum absolute atomic E-state index is 13.1. The Balaban J connectivity index is 7.31. The van der Waals surface area contributed by atoms with E-state index in [1.54, 1.807) is 0 Å². The molecule has 0 aromatic carbocycles. The summed E-state index contributed by atoms with van der Waals surface area (Å²) in [5, 5.41) is 0. The summed E-state index contributed by atoms with van der Waals surface area (Å²) in [7, 11) is -16.8. The van der Waals surface area contributed by atoms with Crippen LogP contribution < -0.4 is 0 Å². The summed E-state index contributed by atoms with van der Waals surface area (Å²) >= 11 is -209. The monoisotopic (exact) mass is 3680 g/mol. The predicted molar refractivity (Wildman–Crippen MR) is 84.2 cm³/mol. The average Bonchev–Trinajstić information content (AvgIpc) is 0.785. The molecule has 0 spiro atoms. The van der Waals surface area contributed by atoms with Crippen LogP contribution in [-0.2, 0) is 632 Å². The second-order valence-electron chi connectivity index (χ2n) is 12.5. The van der Waals surface area contributed by atoms with Crippen LogP contribution in [0.25, 0.3) is 0 Å². The van der Waals surface area contributed by atoms with E-state index in [0.29, 0.717) is 0 Å². The first-order valence-corrected chi connectivity index (χ1v) is 99.4. The third-order valence-corrected chi connectivity index (χ3v) is 131. The van der Waals surface area contributed by atoms with Crippen molar-refractivity contribution in [2.45, 2.75) is 0 Å². The number of phosphoric acid groups is 2. The zero-order chi connectivity index (χ0) is 84.7. The van der Waals surface area contributed by atoms with Gasteiger partial charge >= 0.3 is 663 Å². The van der Waals surface area contributed by atoms with Gasteiger partial charge in [0.25, 0.3) is 0 Å². The molecule has 0 rings (SSSR count). The first kappa shape index (κ1) is 111. The molecule has 0 saturated carbocycles. The molecule has 0 aliphatic heterocycles. The van der Waals surface area contributed by atoms with Crippen LogP contribution in [0.2, 0.25) is 0 Å². The van der Waals surface area contributed by atoms with E-state index >= 15 is 0 Å². The van der Waals surface area contributed by atoms with Crippen molar-refractivity contribution >= 4 is 15.6 Å². The van der Waals surface area contributed by atoms with Crippen LogP contribution in [0.1, 0.15) is 0 Å². The Labute approximate surface area is 648 Å². The number of hydrogen-bond acceptors (Lipinski definition) is 75. The van der Waals surface area contributed by atoms with Gasteiger partial charge in [-0.25, -0.2) is 0 Å². The van der Waals surface area contributed by atoms with Crippen LogP contribution >= 0.6 is 15.6 Å². The fraction of sp³-hybridized carbons (Fsp3) is 0. The molecule has 0 radical (unpaired) electrons. The molecule has 105 heavy (non-hydrogen) atoms. The Morgan fingerprint density at radius 2 is 0.190 bits per heavy atom. The third-order valence-electron chi connectivity index (χ3n) is 4.27. The van der Waals surface area contributed by atoms with E-state index in [1.807, 2.05) is 0 Å². The van der Waals surface area contributed by atoms with Gasteiger partial charge in [0.2, 0.25) is 0 Å². The fourth-order valence-electron chi connectivity index (χ4n) is 2.93. The van der Waals surface area contributed by atoms with Crippen LogP contribution in [0.3, 0.4) is 0 Å². The molecule has 0 amide bonds. The van der Waals surface area contributed by atoms with Crippen molar-refractivity contribution < 1.29 is 647 Å². The number of rotatable bonds is 50. The molecule has 79 nitrogen and oxygen atoms in total. The van der Waals surface area contributed by atoms with Crippen molar-refractivity contribution in [3.05, 3.63) is 0 Å². The van der Waals surface area contributed by atoms with Gasteiger partial charge in [0.05, 0.1) is 0 Å². The van der Waals surface area contributed by atoms with Gasteiger partial charge in [-0.3, -0.25) is 0 Å². The first-order valence-electron chi connectivity index (χ1n) is 17.5. The van der Waals surface area contributed by atoms with Crippen molar-refractivity contribution in [2.75, 3.05) is 0 Å². The summed E-state index contributed by atoms with van der Waals surface area (Å²) in [6, 6.07) is 0. The maximum atomic E-state index is 13.1. The van der Waals surface area contributed by atoms with E-state index in [1.165, 1.54) is 0 Å². The molecule has 0 fully saturated rings. The summed E-state index contributed by atoms with van der Waals surface area (Å²) in [5.41, 5.74) is 0. The van der Waals surface area contributed by atoms with Crippen molar-refractivity contribution in [3.63, 3.8) is 0 Å². The molecule has 0 unspecified atom stereocenters. The minimum absolute atomic E-state index is 2.79. The molecule has 0 aromatic heterocycles. The van der Waals surface area contributed by atoms with E-state index < -0.39 is 418 Å². The number of hydrogen-bond donors (Lipinski definition) is 4. The molecule has 0 aliphatic rings. The summed E-state index contributed by atoms with van der Waals surface area (Å²) < 4.78 is 701. The normalized spacial score (nSPS) is 15.8. The van der Waals surface area contributed by atoms with E-state index in [0.717, 1.165) is 0 Å². The van der Waals surface area contributed by atoms with Crippen molar-refractivity contribution in [1.29, 1.82) is 0 Å². The minimum atomic E-state index is -9.47. The zero-order valence-corrected chi connectivity index (χ0v) is 93.1. The van der Waals surface area contributed by atoms with Gasteiger partial charge in [-0.2, -0.15) is 0 Å². The quantitative estimate of drug-likeness (QED) is 0.0325. The Kier molecular flexibility index (Phi) is 39.7. The summed E-state index contributed by atoms with van der Waals surface area (Å²) in [6.45, 7) is 0. The van der Waals surface area contributed by atoms with Crippen LogP contribution in [0.4, 0.5) is 0 Å². The summed E-state index contributed by atoms with van der Waals surface area (Å²) in [5.74, 6) is 0. The summed E-state index contributed by atoms with van der Waals surface area (Å²) in [4.78, 5) is 0. The molecule has 0 atom stereocenters. The molecule has 4 N–H and O–H groups in total. The Hall–Kier alpha value is 6.22. The van der Waals surface area contributed by atoms with Gasteiger partial charge in [-0.05, 0) is 0 Å². The van der Waals surface area contributed by atoms with E-state index in [9.17, 15) is 172 Å². The van der Waals surface area contributed by atoms with Crippen LogP contribution in [0.5, 0.6) is 0 Å². The first-order chi connectivity index (χ1) is 44.7. The van der Waals surface area contributed by atoms with E-state index in [-0.39, 0.29) is 0 Å². The van der Waals surface area contributed by atoms with Gasteiger partial charge in [0, 0.05) is 0 Å². The molecule has 632 valence electrons. The molecule has 0 saturated heterocycles. The Morgan fingerprint density at radius 3 is 0.267 bits per heavy atom. The molecule has 0 aliphatic carbocycles. The van der Waals surface area contributed by atoms with Crippen LogP contribution in [0.15, 0.2) is 0 Å². The van der Waals surface area contributed by atoms with Gasteiger partial charge in [0.1, 0.15) is 0 Å². The average molecular weight is 3630 g/mol. The molecule has 0 bridgehead atoms. The second kappa shape index (κ2) is 37.5. The summed E-state index contributed by atoms with van der Waals surface area (Å²) in [6.07, 6.45) is 0. The molecule has 0 aromatic rings. The molecule has 0 heterocycles. The van der Waals surface area contributed by atoms with Crippen molar-refractivity contribution in [3.8, 4) is 0 Å². The van der Waals surface area contributed by atoms with Gasteiger partial charge in [0.15, 0.2) is 0 Å². The third kappa shape index (κ3) is 52.9. The van der Waals surface area contributed by atoms with Crippen molar-refractivity contribution in [2.24, 2.45) is 0 Å². The molecular weight excluding hydrogens is 3630 g/mol. The van der Waals surface area contributed by atoms with Gasteiger partial charge in [-0.1, -0.05) is 0 Å². The van der Waals surface area contributed by atoms with Crippen LogP contribution in [-0.4, -0.2) is 15.0 Å². The van der Waals surface area contributed by atoms with Gasteiger partial charge in [-0.15, -0.1) is 0 Å². The Bertz CT molecular complexity index is 5800. The molecular formula is H4Mo24O79P2. The van der Waals surface area contributed by atoms with Crippen LogP contribution in [0, 0.1) is 0 Å². The standard InChI is InChI=1S/24Mo.2H3O4P.4H2O.67O/c;;;;;;;;;;;;;;;;;;;;;;;;2*1-5(2,3)4;;;;;;;;;;;;;;;;;;;;;;;;;;;;;;;;;;;;;;;;;;;;;;;;;;;;;;;;;;;;;;;;;;;;;;;/h;;;;;;;;;;;;;;;;;;;;;;;;2*(H3,1,2,3,4);4*1H2;;;;;;;;;;;;;;;;;;;;;;;;;;;;;;;;;;;;;;;;;;;;;;;;;;;;;;;;;;;;;;;;;;;/q;;;;;;;;;;;;;;10*+1;;;;;;;;;;;;;;;;;;;;;;;;;;;;;;;;;;;;;;;;;;;;;;;;;;;;;;;;;;;;;;;;;;;;;;;;;/p-10. The van der Waals surface area contributed by atoms with Gasteiger partial charge < -0.3 is 0 Å². The zero-order valence-electron chi connectivity index (χ0n) is 43.1. The topological polar surface area (TPSA) is 1170 Å².